The van der Waals surface area contributed by atoms with E-state index in [0.717, 1.165) is 10.6 Å². The summed E-state index contributed by atoms with van der Waals surface area (Å²) in [7, 11) is 0. The highest BCUT2D eigenvalue weighted by Gasteiger charge is 2.24. The van der Waals surface area contributed by atoms with Gasteiger partial charge in [0.05, 0.1) is 21.2 Å². The van der Waals surface area contributed by atoms with E-state index in [0.29, 0.717) is 42.5 Å². The number of carbonyl (C=O) groups is 2. The van der Waals surface area contributed by atoms with Crippen molar-refractivity contribution >= 4 is 57.7 Å². The van der Waals surface area contributed by atoms with E-state index in [-0.39, 0.29) is 17.0 Å². The molecule has 2 amide bonds. The van der Waals surface area contributed by atoms with Crippen molar-refractivity contribution in [3.8, 4) is 0 Å². The number of thiophene rings is 1. The lowest BCUT2D eigenvalue weighted by molar-refractivity contribution is 0.0751. The topological polar surface area (TPSA) is 65.5 Å². The van der Waals surface area contributed by atoms with E-state index in [1.54, 1.807) is 24.3 Å². The third kappa shape index (κ3) is 4.43. The predicted molar refractivity (Wildman–Crippen MR) is 121 cm³/mol. The number of nitrogens with zero attached hydrogens (tertiary/aromatic N) is 3. The van der Waals surface area contributed by atoms with Crippen LogP contribution in [0.2, 0.25) is 10.2 Å². The van der Waals surface area contributed by atoms with Crippen LogP contribution in [0.1, 0.15) is 20.0 Å². The fourth-order valence-electron chi connectivity index (χ4n) is 3.30. The molecule has 6 nitrogen and oxygen atoms in total. The van der Waals surface area contributed by atoms with Gasteiger partial charge in [-0.05, 0) is 41.8 Å². The first-order chi connectivity index (χ1) is 14.5. The number of amides is 2. The number of piperazine rings is 1. The molecule has 0 unspecified atom stereocenters. The Kier molecular flexibility index (Phi) is 6.22. The third-order valence-electron chi connectivity index (χ3n) is 4.85. The van der Waals surface area contributed by atoms with E-state index < -0.39 is 0 Å². The minimum atomic E-state index is -0.349. The molecule has 1 aromatic carbocycles. The highest BCUT2D eigenvalue weighted by atomic mass is 35.5. The molecule has 30 heavy (non-hydrogen) atoms. The number of anilines is 2. The molecule has 1 fully saturated rings. The molecule has 154 valence electrons. The number of pyridine rings is 1. The van der Waals surface area contributed by atoms with E-state index in [2.05, 4.69) is 15.2 Å². The van der Waals surface area contributed by atoms with Crippen LogP contribution in [0.4, 0.5) is 11.4 Å². The van der Waals surface area contributed by atoms with Crippen molar-refractivity contribution in [2.24, 2.45) is 0 Å². The fraction of sp³-hybridized carbons (Fsp3) is 0.190. The van der Waals surface area contributed by atoms with Gasteiger partial charge in [-0.2, -0.15) is 0 Å². The molecule has 0 bridgehead atoms. The molecule has 0 spiro atoms. The number of carbonyl (C=O) groups excluding carboxylic acids is 2. The number of rotatable bonds is 4. The monoisotopic (exact) mass is 460 g/mol. The summed E-state index contributed by atoms with van der Waals surface area (Å²) in [5.41, 5.74) is 1.74. The van der Waals surface area contributed by atoms with Crippen LogP contribution in [0.25, 0.3) is 0 Å². The van der Waals surface area contributed by atoms with E-state index in [1.165, 1.54) is 17.5 Å². The number of nitrogens with one attached hydrogen (secondary N) is 1. The predicted octanol–water partition coefficient (Wildman–Crippen LogP) is 4.66. The maximum atomic E-state index is 12.5. The smallest absolute Gasteiger partial charge is 0.264 e. The molecule has 3 heterocycles. The van der Waals surface area contributed by atoms with E-state index in [9.17, 15) is 9.59 Å². The van der Waals surface area contributed by atoms with Crippen LogP contribution in [0.3, 0.4) is 0 Å². The number of aromatic nitrogens is 1. The highest BCUT2D eigenvalue weighted by molar-refractivity contribution is 7.12. The molecule has 4 rings (SSSR count). The first-order valence-electron chi connectivity index (χ1n) is 9.32. The normalized spacial score (nSPS) is 13.9. The lowest BCUT2D eigenvalue weighted by Gasteiger charge is -2.36. The number of benzene rings is 1. The summed E-state index contributed by atoms with van der Waals surface area (Å²) in [6, 6.07) is 12.4. The van der Waals surface area contributed by atoms with Gasteiger partial charge in [0.25, 0.3) is 11.8 Å². The Bertz CT molecular complexity index is 1070. The average molecular weight is 461 g/mol. The van der Waals surface area contributed by atoms with Crippen LogP contribution < -0.4 is 10.2 Å². The average Bonchev–Trinajstić information content (AvgIpc) is 3.29. The molecule has 1 N–H and O–H groups in total. The van der Waals surface area contributed by atoms with E-state index in [1.807, 2.05) is 28.5 Å². The summed E-state index contributed by atoms with van der Waals surface area (Å²) >= 11 is 13.9. The Morgan fingerprint density at radius 1 is 1.03 bits per heavy atom. The highest BCUT2D eigenvalue weighted by Crippen LogP contribution is 2.30. The van der Waals surface area contributed by atoms with Crippen molar-refractivity contribution in [2.75, 3.05) is 36.4 Å². The minimum absolute atomic E-state index is 0.0721. The van der Waals surface area contributed by atoms with Gasteiger partial charge >= 0.3 is 0 Å². The van der Waals surface area contributed by atoms with Gasteiger partial charge in [-0.1, -0.05) is 29.3 Å². The number of hydrogen-bond acceptors (Lipinski definition) is 5. The molecular formula is C21H18Cl2N4O2S. The van der Waals surface area contributed by atoms with Crippen molar-refractivity contribution in [1.29, 1.82) is 0 Å². The number of halogens is 2. The summed E-state index contributed by atoms with van der Waals surface area (Å²) < 4.78 is 0. The zero-order chi connectivity index (χ0) is 21.1. The molecule has 0 aliphatic carbocycles. The van der Waals surface area contributed by atoms with E-state index >= 15 is 0 Å². The second-order valence-corrected chi connectivity index (χ2v) is 8.43. The van der Waals surface area contributed by atoms with Gasteiger partial charge in [0.15, 0.2) is 0 Å². The summed E-state index contributed by atoms with van der Waals surface area (Å²) in [6.45, 7) is 2.64. The standard InChI is InChI=1S/C21H18Cl2N4O2S/c22-16-13-14(25-20(28)15-3-1-7-24-19(15)23)5-6-17(16)26-8-10-27(11-9-26)21(29)18-4-2-12-30-18/h1-7,12-13H,8-11H2,(H,25,28). The van der Waals surface area contributed by atoms with Crippen molar-refractivity contribution in [1.82, 2.24) is 9.88 Å². The summed E-state index contributed by atoms with van der Waals surface area (Å²) in [5.74, 6) is -0.277. The second kappa shape index (κ2) is 9.04. The van der Waals surface area contributed by atoms with Crippen LogP contribution in [0.15, 0.2) is 54.0 Å². The molecule has 0 saturated carbocycles. The van der Waals surface area contributed by atoms with Crippen molar-refractivity contribution < 1.29 is 9.59 Å². The van der Waals surface area contributed by atoms with Gasteiger partial charge in [-0.25, -0.2) is 4.98 Å². The Morgan fingerprint density at radius 2 is 1.83 bits per heavy atom. The van der Waals surface area contributed by atoms with Crippen LogP contribution in [-0.4, -0.2) is 47.9 Å². The minimum Gasteiger partial charge on any atom is -0.367 e. The molecule has 1 saturated heterocycles. The fourth-order valence-corrected chi connectivity index (χ4v) is 4.50. The molecule has 9 heteroatoms. The number of hydrogen-bond donors (Lipinski definition) is 1. The van der Waals surface area contributed by atoms with Crippen LogP contribution in [0, 0.1) is 0 Å². The SMILES string of the molecule is O=C(Nc1ccc(N2CCN(C(=O)c3cccs3)CC2)c(Cl)c1)c1cccnc1Cl. The van der Waals surface area contributed by atoms with Gasteiger partial charge in [0.1, 0.15) is 5.15 Å². The van der Waals surface area contributed by atoms with Gasteiger partial charge in [0, 0.05) is 38.1 Å². The maximum Gasteiger partial charge on any atom is 0.264 e. The van der Waals surface area contributed by atoms with Crippen molar-refractivity contribution in [3.63, 3.8) is 0 Å². The van der Waals surface area contributed by atoms with Crippen molar-refractivity contribution in [3.05, 3.63) is 74.7 Å². The third-order valence-corrected chi connectivity index (χ3v) is 6.31. The zero-order valence-corrected chi connectivity index (χ0v) is 18.2. The van der Waals surface area contributed by atoms with Gasteiger partial charge < -0.3 is 15.1 Å². The quantitative estimate of drug-likeness (QED) is 0.574. The van der Waals surface area contributed by atoms with Gasteiger partial charge in [-0.3, -0.25) is 9.59 Å². The lowest BCUT2D eigenvalue weighted by Crippen LogP contribution is -2.48. The second-order valence-electron chi connectivity index (χ2n) is 6.72. The Hall–Kier alpha value is -2.61. The van der Waals surface area contributed by atoms with Gasteiger partial charge in [-0.15, -0.1) is 11.3 Å². The summed E-state index contributed by atoms with van der Waals surface area (Å²) in [4.78, 5) is 33.6. The first-order valence-corrected chi connectivity index (χ1v) is 11.0. The van der Waals surface area contributed by atoms with Crippen LogP contribution in [0.5, 0.6) is 0 Å². The Morgan fingerprint density at radius 3 is 2.50 bits per heavy atom. The van der Waals surface area contributed by atoms with Crippen molar-refractivity contribution in [2.45, 2.75) is 0 Å². The largest absolute Gasteiger partial charge is 0.367 e. The Balaban J connectivity index is 1.40. The van der Waals surface area contributed by atoms with Gasteiger partial charge in [0.2, 0.25) is 0 Å². The molecule has 3 aromatic rings. The molecule has 1 aliphatic heterocycles. The van der Waals surface area contributed by atoms with E-state index in [4.69, 9.17) is 23.2 Å². The molecule has 0 radical (unpaired) electrons. The Labute approximate surface area is 188 Å². The molecule has 0 atom stereocenters. The summed E-state index contributed by atoms with van der Waals surface area (Å²) in [5, 5.41) is 5.37. The summed E-state index contributed by atoms with van der Waals surface area (Å²) in [6.07, 6.45) is 1.53. The lowest BCUT2D eigenvalue weighted by atomic mass is 10.2. The molecule has 1 aliphatic rings. The molecule has 2 aromatic heterocycles. The zero-order valence-electron chi connectivity index (χ0n) is 15.8. The maximum absolute atomic E-state index is 12.5. The van der Waals surface area contributed by atoms with Crippen LogP contribution >= 0.6 is 34.5 Å². The van der Waals surface area contributed by atoms with Crippen LogP contribution in [-0.2, 0) is 0 Å². The molecular weight excluding hydrogens is 443 g/mol. The first kappa shape index (κ1) is 20.7.